The van der Waals surface area contributed by atoms with E-state index in [2.05, 4.69) is 5.32 Å². The Morgan fingerprint density at radius 3 is 2.67 bits per heavy atom. The second-order valence-corrected chi connectivity index (χ2v) is 5.40. The molecule has 0 aliphatic carbocycles. The van der Waals surface area contributed by atoms with Crippen LogP contribution in [0.4, 0.5) is 11.4 Å². The van der Waals surface area contributed by atoms with Crippen molar-refractivity contribution in [2.75, 3.05) is 11.9 Å². The van der Waals surface area contributed by atoms with Crippen molar-refractivity contribution in [2.24, 2.45) is 0 Å². The van der Waals surface area contributed by atoms with Crippen LogP contribution in [-0.2, 0) is 9.53 Å². The summed E-state index contributed by atoms with van der Waals surface area (Å²) < 4.78 is 5.31. The van der Waals surface area contributed by atoms with E-state index in [9.17, 15) is 14.9 Å². The minimum atomic E-state index is -1.00. The number of halogens is 2. The Kier molecular flexibility index (Phi) is 4.87. The predicted octanol–water partition coefficient (Wildman–Crippen LogP) is 2.95. The number of hydrogen-bond acceptors (Lipinski definition) is 5. The molecule has 0 spiro atoms. The van der Waals surface area contributed by atoms with Crippen LogP contribution >= 0.6 is 23.2 Å². The quantitative estimate of drug-likeness (QED) is 0.634. The summed E-state index contributed by atoms with van der Waals surface area (Å²) in [6, 6.07) is 2.54. The van der Waals surface area contributed by atoms with Gasteiger partial charge >= 0.3 is 5.97 Å². The number of nitrogens with one attached hydrogen (secondary N) is 1. The van der Waals surface area contributed by atoms with Crippen LogP contribution in [0.25, 0.3) is 0 Å². The van der Waals surface area contributed by atoms with E-state index in [1.807, 2.05) is 0 Å². The van der Waals surface area contributed by atoms with E-state index in [0.717, 1.165) is 0 Å². The van der Waals surface area contributed by atoms with Crippen LogP contribution in [0.5, 0.6) is 0 Å². The van der Waals surface area contributed by atoms with Crippen LogP contribution in [0, 0.1) is 10.1 Å². The molecule has 1 saturated heterocycles. The Hall–Kier alpha value is -1.57. The predicted molar refractivity (Wildman–Crippen MR) is 77.1 cm³/mol. The van der Waals surface area contributed by atoms with E-state index in [1.54, 1.807) is 0 Å². The van der Waals surface area contributed by atoms with Crippen molar-refractivity contribution in [3.05, 3.63) is 32.3 Å². The lowest BCUT2D eigenvalue weighted by atomic mass is 10.2. The molecule has 2 unspecified atom stereocenters. The first-order valence-electron chi connectivity index (χ1n) is 6.14. The maximum absolute atomic E-state index is 11.0. The minimum Gasteiger partial charge on any atom is -0.479 e. The topological polar surface area (TPSA) is 102 Å². The molecule has 2 atom stereocenters. The summed E-state index contributed by atoms with van der Waals surface area (Å²) in [6.45, 7) is 0.253. The molecule has 0 amide bonds. The highest BCUT2D eigenvalue weighted by Gasteiger charge is 2.30. The molecular formula is C12H12Cl2N2O5. The summed E-state index contributed by atoms with van der Waals surface area (Å²) in [5.41, 5.74) is 0.0222. The number of benzene rings is 1. The number of anilines is 1. The summed E-state index contributed by atoms with van der Waals surface area (Å²) in [6.07, 6.45) is -0.148. The number of carbonyl (C=O) groups is 1. The van der Waals surface area contributed by atoms with Gasteiger partial charge < -0.3 is 15.2 Å². The molecule has 0 aromatic heterocycles. The molecule has 2 rings (SSSR count). The third-order valence-electron chi connectivity index (χ3n) is 3.14. The van der Waals surface area contributed by atoms with Gasteiger partial charge in [-0.1, -0.05) is 23.2 Å². The smallest absolute Gasteiger partial charge is 0.332 e. The highest BCUT2D eigenvalue weighted by molar-refractivity contribution is 6.42. The first-order valence-corrected chi connectivity index (χ1v) is 6.89. The van der Waals surface area contributed by atoms with Crippen molar-refractivity contribution in [3.63, 3.8) is 0 Å². The Morgan fingerprint density at radius 2 is 2.10 bits per heavy atom. The van der Waals surface area contributed by atoms with Gasteiger partial charge in [0.2, 0.25) is 0 Å². The molecule has 21 heavy (non-hydrogen) atoms. The zero-order valence-corrected chi connectivity index (χ0v) is 12.2. The van der Waals surface area contributed by atoms with Gasteiger partial charge in [-0.25, -0.2) is 4.79 Å². The van der Waals surface area contributed by atoms with Gasteiger partial charge in [0, 0.05) is 12.6 Å². The van der Waals surface area contributed by atoms with Gasteiger partial charge in [0.05, 0.1) is 21.1 Å². The van der Waals surface area contributed by atoms with Crippen LogP contribution in [-0.4, -0.2) is 34.8 Å². The van der Waals surface area contributed by atoms with Crippen molar-refractivity contribution in [2.45, 2.75) is 25.0 Å². The first-order chi connectivity index (χ1) is 9.88. The van der Waals surface area contributed by atoms with Gasteiger partial charge in [-0.15, -0.1) is 0 Å². The van der Waals surface area contributed by atoms with Gasteiger partial charge in [-0.2, -0.15) is 0 Å². The molecule has 1 aromatic rings. The number of nitro groups is 1. The second-order valence-electron chi connectivity index (χ2n) is 4.58. The van der Waals surface area contributed by atoms with Crippen LogP contribution in [0.1, 0.15) is 12.8 Å². The molecule has 0 radical (unpaired) electrons. The van der Waals surface area contributed by atoms with Crippen molar-refractivity contribution >= 4 is 40.5 Å². The molecule has 2 N–H and O–H groups in total. The third kappa shape index (κ3) is 3.75. The normalized spacial score (nSPS) is 21.2. The van der Waals surface area contributed by atoms with Gasteiger partial charge in [0.15, 0.2) is 6.10 Å². The van der Waals surface area contributed by atoms with E-state index in [-0.39, 0.29) is 34.1 Å². The maximum atomic E-state index is 11.0. The highest BCUT2D eigenvalue weighted by Crippen LogP contribution is 2.34. The van der Waals surface area contributed by atoms with Gasteiger partial charge in [-0.05, 0) is 18.9 Å². The summed E-state index contributed by atoms with van der Waals surface area (Å²) in [4.78, 5) is 21.2. The van der Waals surface area contributed by atoms with Crippen LogP contribution in [0.15, 0.2) is 12.1 Å². The average Bonchev–Trinajstić information content (AvgIpc) is 2.88. The standard InChI is InChI=1S/C12H12Cl2N2O5/c13-7-3-9(10(16(19)20)4-8(7)14)15-5-6-1-2-11(21-6)12(17)18/h3-4,6,11,15H,1-2,5H2,(H,17,18). The van der Waals surface area contributed by atoms with Gasteiger partial charge in [0.25, 0.3) is 5.69 Å². The van der Waals surface area contributed by atoms with Crippen molar-refractivity contribution in [3.8, 4) is 0 Å². The fourth-order valence-electron chi connectivity index (χ4n) is 2.09. The molecule has 1 heterocycles. The first kappa shape index (κ1) is 15.8. The third-order valence-corrected chi connectivity index (χ3v) is 3.86. The van der Waals surface area contributed by atoms with Crippen molar-refractivity contribution in [1.82, 2.24) is 0 Å². The van der Waals surface area contributed by atoms with E-state index in [0.29, 0.717) is 12.8 Å². The summed E-state index contributed by atoms with van der Waals surface area (Å²) in [5.74, 6) is -1.00. The largest absolute Gasteiger partial charge is 0.479 e. The number of hydrogen-bond donors (Lipinski definition) is 2. The van der Waals surface area contributed by atoms with Crippen molar-refractivity contribution in [1.29, 1.82) is 0 Å². The minimum absolute atomic E-state index is 0.0944. The Bertz CT molecular complexity index is 581. The lowest BCUT2D eigenvalue weighted by Crippen LogP contribution is -2.24. The molecule has 1 aromatic carbocycles. The lowest BCUT2D eigenvalue weighted by molar-refractivity contribution is -0.383. The average molecular weight is 335 g/mol. The number of rotatable bonds is 5. The van der Waals surface area contributed by atoms with Gasteiger partial charge in [0.1, 0.15) is 5.69 Å². The number of carboxylic acid groups (broad SMARTS) is 1. The van der Waals surface area contributed by atoms with Gasteiger partial charge in [-0.3, -0.25) is 10.1 Å². The number of aliphatic carboxylic acids is 1. The highest BCUT2D eigenvalue weighted by atomic mass is 35.5. The van der Waals surface area contributed by atoms with Crippen molar-refractivity contribution < 1.29 is 19.6 Å². The SMILES string of the molecule is O=C(O)C1CCC(CNc2cc(Cl)c(Cl)cc2[N+](=O)[O-])O1. The van der Waals surface area contributed by atoms with Crippen LogP contribution in [0.3, 0.4) is 0 Å². The van der Waals surface area contributed by atoms with E-state index < -0.39 is 17.0 Å². The fourth-order valence-corrected chi connectivity index (χ4v) is 2.41. The molecular weight excluding hydrogens is 323 g/mol. The van der Waals surface area contributed by atoms with Crippen LogP contribution in [0.2, 0.25) is 10.0 Å². The van der Waals surface area contributed by atoms with E-state index in [4.69, 9.17) is 33.0 Å². The molecule has 9 heteroatoms. The second kappa shape index (κ2) is 6.46. The summed E-state index contributed by atoms with van der Waals surface area (Å²) >= 11 is 11.6. The lowest BCUT2D eigenvalue weighted by Gasteiger charge is -2.13. The molecule has 1 aliphatic rings. The monoisotopic (exact) mass is 334 g/mol. The molecule has 0 bridgehead atoms. The number of carboxylic acids is 1. The summed E-state index contributed by atoms with van der Waals surface area (Å²) in [7, 11) is 0. The number of ether oxygens (including phenoxy) is 1. The van der Waals surface area contributed by atoms with E-state index in [1.165, 1.54) is 12.1 Å². The Morgan fingerprint density at radius 1 is 1.43 bits per heavy atom. The molecule has 0 saturated carbocycles. The number of nitro benzene ring substituents is 1. The molecule has 114 valence electrons. The summed E-state index contributed by atoms with van der Waals surface area (Å²) in [5, 5.41) is 23.0. The van der Waals surface area contributed by atoms with Crippen LogP contribution < -0.4 is 5.32 Å². The molecule has 1 fully saturated rings. The number of nitrogens with zero attached hydrogens (tertiary/aromatic N) is 1. The molecule has 1 aliphatic heterocycles. The maximum Gasteiger partial charge on any atom is 0.332 e. The fraction of sp³-hybridized carbons (Fsp3) is 0.417. The zero-order chi connectivity index (χ0) is 15.6. The Balaban J connectivity index is 2.05. The Labute approximate surface area is 129 Å². The van der Waals surface area contributed by atoms with E-state index >= 15 is 0 Å². The zero-order valence-electron chi connectivity index (χ0n) is 10.7. The molecule has 7 nitrogen and oxygen atoms in total.